The van der Waals surface area contributed by atoms with Gasteiger partial charge in [-0.3, -0.25) is 4.79 Å². The zero-order valence-corrected chi connectivity index (χ0v) is 16.7. The standard InChI is InChI=1S/C21H30N2O5/c1-3-27-17-8-7-15(12-18(17)28-4-2)9-11-22-20(26)23-13-16-6-5-10-21(16,14-23)19(24)25/h7-8,12,16H,3-6,9-11,13-14H2,1-2H3,(H,22,26)(H,24,25)/t16-,21+/m0/s1. The molecule has 0 spiro atoms. The Labute approximate surface area is 166 Å². The second kappa shape index (κ2) is 8.71. The van der Waals surface area contributed by atoms with Gasteiger partial charge in [0.15, 0.2) is 11.5 Å². The van der Waals surface area contributed by atoms with Crippen molar-refractivity contribution in [3.8, 4) is 11.5 Å². The van der Waals surface area contributed by atoms with Crippen LogP contribution in [0.5, 0.6) is 11.5 Å². The SMILES string of the molecule is CCOc1ccc(CCNC(=O)N2C[C@@H]3CCC[C@@]3(C(=O)O)C2)cc1OCC. The van der Waals surface area contributed by atoms with Crippen molar-refractivity contribution in [2.24, 2.45) is 11.3 Å². The third-order valence-electron chi connectivity index (χ3n) is 5.88. The predicted molar refractivity (Wildman–Crippen MR) is 105 cm³/mol. The number of rotatable bonds is 8. The van der Waals surface area contributed by atoms with Crippen LogP contribution in [-0.2, 0) is 11.2 Å². The normalized spacial score (nSPS) is 23.4. The average molecular weight is 390 g/mol. The molecule has 1 aromatic rings. The molecular weight excluding hydrogens is 360 g/mol. The Morgan fingerprint density at radius 2 is 2.00 bits per heavy atom. The quantitative estimate of drug-likeness (QED) is 0.713. The molecule has 2 N–H and O–H groups in total. The Morgan fingerprint density at radius 1 is 1.25 bits per heavy atom. The lowest BCUT2D eigenvalue weighted by atomic mass is 9.81. The van der Waals surface area contributed by atoms with Gasteiger partial charge in [0, 0.05) is 19.6 Å². The molecule has 2 aliphatic rings. The summed E-state index contributed by atoms with van der Waals surface area (Å²) in [5, 5.41) is 12.6. The number of carbonyl (C=O) groups excluding carboxylic acids is 1. The van der Waals surface area contributed by atoms with Crippen molar-refractivity contribution >= 4 is 12.0 Å². The summed E-state index contributed by atoms with van der Waals surface area (Å²) < 4.78 is 11.2. The number of nitrogens with one attached hydrogen (secondary N) is 1. The highest BCUT2D eigenvalue weighted by Gasteiger charge is 2.55. The Hall–Kier alpha value is -2.44. The van der Waals surface area contributed by atoms with E-state index in [4.69, 9.17) is 9.47 Å². The summed E-state index contributed by atoms with van der Waals surface area (Å²) in [6.07, 6.45) is 3.16. The molecule has 7 heteroatoms. The van der Waals surface area contributed by atoms with E-state index < -0.39 is 11.4 Å². The van der Waals surface area contributed by atoms with Crippen LogP contribution in [0.2, 0.25) is 0 Å². The minimum Gasteiger partial charge on any atom is -0.490 e. The van der Waals surface area contributed by atoms with E-state index in [2.05, 4.69) is 5.32 Å². The Morgan fingerprint density at radius 3 is 2.68 bits per heavy atom. The van der Waals surface area contributed by atoms with E-state index in [-0.39, 0.29) is 11.9 Å². The predicted octanol–water partition coefficient (Wildman–Crippen LogP) is 2.92. The lowest BCUT2D eigenvalue weighted by molar-refractivity contribution is -0.149. The lowest BCUT2D eigenvalue weighted by Crippen LogP contribution is -2.42. The highest BCUT2D eigenvalue weighted by atomic mass is 16.5. The second-order valence-corrected chi connectivity index (χ2v) is 7.56. The topological polar surface area (TPSA) is 88.1 Å². The molecule has 1 heterocycles. The number of benzene rings is 1. The molecular formula is C21H30N2O5. The molecule has 2 atom stereocenters. The number of hydrogen-bond donors (Lipinski definition) is 2. The monoisotopic (exact) mass is 390 g/mol. The summed E-state index contributed by atoms with van der Waals surface area (Å²) in [4.78, 5) is 25.9. The van der Waals surface area contributed by atoms with E-state index in [9.17, 15) is 14.7 Å². The van der Waals surface area contributed by atoms with Gasteiger partial charge in [-0.25, -0.2) is 4.79 Å². The largest absolute Gasteiger partial charge is 0.490 e. The Bertz CT molecular complexity index is 723. The molecule has 1 aliphatic carbocycles. The summed E-state index contributed by atoms with van der Waals surface area (Å²) in [6, 6.07) is 5.63. The lowest BCUT2D eigenvalue weighted by Gasteiger charge is -2.23. The third kappa shape index (κ3) is 4.03. The van der Waals surface area contributed by atoms with Gasteiger partial charge in [0.05, 0.1) is 18.6 Å². The van der Waals surface area contributed by atoms with Gasteiger partial charge in [0.2, 0.25) is 0 Å². The van der Waals surface area contributed by atoms with Crippen molar-refractivity contribution in [1.29, 1.82) is 0 Å². The molecule has 1 aliphatic heterocycles. The van der Waals surface area contributed by atoms with Crippen LogP contribution in [0.1, 0.15) is 38.7 Å². The maximum atomic E-state index is 12.5. The van der Waals surface area contributed by atoms with E-state index in [0.29, 0.717) is 51.4 Å². The van der Waals surface area contributed by atoms with E-state index >= 15 is 0 Å². The Kier molecular flexibility index (Phi) is 6.31. The van der Waals surface area contributed by atoms with Crippen molar-refractivity contribution in [3.63, 3.8) is 0 Å². The van der Waals surface area contributed by atoms with Gasteiger partial charge in [0.1, 0.15) is 0 Å². The fraction of sp³-hybridized carbons (Fsp3) is 0.619. The summed E-state index contributed by atoms with van der Waals surface area (Å²) in [5.41, 5.74) is 0.311. The van der Waals surface area contributed by atoms with Crippen molar-refractivity contribution in [3.05, 3.63) is 23.8 Å². The number of amides is 2. The van der Waals surface area contributed by atoms with Gasteiger partial charge in [-0.05, 0) is 56.7 Å². The van der Waals surface area contributed by atoms with Crippen molar-refractivity contribution in [1.82, 2.24) is 10.2 Å². The molecule has 154 valence electrons. The van der Waals surface area contributed by atoms with E-state index in [1.54, 1.807) is 4.90 Å². The molecule has 1 saturated heterocycles. The van der Waals surface area contributed by atoms with Crippen molar-refractivity contribution in [2.75, 3.05) is 32.8 Å². The summed E-state index contributed by atoms with van der Waals surface area (Å²) in [7, 11) is 0. The summed E-state index contributed by atoms with van der Waals surface area (Å²) in [5.74, 6) is 0.752. The van der Waals surface area contributed by atoms with Gasteiger partial charge in [-0.1, -0.05) is 12.5 Å². The van der Waals surface area contributed by atoms with Crippen LogP contribution in [0.25, 0.3) is 0 Å². The number of carbonyl (C=O) groups is 2. The number of carboxylic acids is 1. The first-order chi connectivity index (χ1) is 13.5. The van der Waals surface area contributed by atoms with Crippen LogP contribution in [0.3, 0.4) is 0 Å². The number of ether oxygens (including phenoxy) is 2. The second-order valence-electron chi connectivity index (χ2n) is 7.56. The number of fused-ring (bicyclic) bond motifs is 1. The van der Waals surface area contributed by atoms with E-state index in [0.717, 1.165) is 24.2 Å². The first-order valence-corrected chi connectivity index (χ1v) is 10.1. The minimum absolute atomic E-state index is 0.0793. The molecule has 0 unspecified atom stereocenters. The van der Waals surface area contributed by atoms with Gasteiger partial charge in [0.25, 0.3) is 0 Å². The van der Waals surface area contributed by atoms with E-state index in [1.165, 1.54) is 0 Å². The summed E-state index contributed by atoms with van der Waals surface area (Å²) in [6.45, 7) is 6.33. The maximum absolute atomic E-state index is 12.5. The number of nitrogens with zero attached hydrogens (tertiary/aromatic N) is 1. The van der Waals surface area contributed by atoms with Crippen LogP contribution in [-0.4, -0.2) is 54.9 Å². The molecule has 0 bridgehead atoms. The average Bonchev–Trinajstić information content (AvgIpc) is 3.23. The van der Waals surface area contributed by atoms with E-state index in [1.807, 2.05) is 32.0 Å². The molecule has 0 radical (unpaired) electrons. The fourth-order valence-electron chi connectivity index (χ4n) is 4.47. The number of carboxylic acid groups (broad SMARTS) is 1. The molecule has 1 aromatic carbocycles. The molecule has 28 heavy (non-hydrogen) atoms. The van der Waals surface area contributed by atoms with Gasteiger partial charge in [-0.2, -0.15) is 0 Å². The molecule has 1 saturated carbocycles. The Balaban J connectivity index is 1.53. The highest BCUT2D eigenvalue weighted by molar-refractivity contribution is 5.80. The summed E-state index contributed by atoms with van der Waals surface area (Å²) >= 11 is 0. The van der Waals surface area contributed by atoms with Crippen LogP contribution >= 0.6 is 0 Å². The zero-order valence-electron chi connectivity index (χ0n) is 16.7. The molecule has 7 nitrogen and oxygen atoms in total. The first kappa shape index (κ1) is 20.3. The molecule has 0 aromatic heterocycles. The van der Waals surface area contributed by atoms with Crippen LogP contribution in [0, 0.1) is 11.3 Å². The van der Waals surface area contributed by atoms with Crippen LogP contribution < -0.4 is 14.8 Å². The van der Waals surface area contributed by atoms with Crippen molar-refractivity contribution < 1.29 is 24.2 Å². The van der Waals surface area contributed by atoms with Gasteiger partial charge < -0.3 is 24.8 Å². The van der Waals surface area contributed by atoms with Gasteiger partial charge >= 0.3 is 12.0 Å². The fourth-order valence-corrected chi connectivity index (χ4v) is 4.47. The zero-order chi connectivity index (χ0) is 20.1. The molecule has 3 rings (SSSR count). The van der Waals surface area contributed by atoms with Gasteiger partial charge in [-0.15, -0.1) is 0 Å². The number of urea groups is 1. The number of likely N-dealkylation sites (tertiary alicyclic amines) is 1. The number of hydrogen-bond acceptors (Lipinski definition) is 4. The maximum Gasteiger partial charge on any atom is 0.317 e. The van der Waals surface area contributed by atoms with Crippen LogP contribution in [0.15, 0.2) is 18.2 Å². The smallest absolute Gasteiger partial charge is 0.317 e. The van der Waals surface area contributed by atoms with Crippen LogP contribution in [0.4, 0.5) is 4.79 Å². The molecule has 2 amide bonds. The molecule has 2 fully saturated rings. The number of aliphatic carboxylic acids is 1. The van der Waals surface area contributed by atoms with Crippen molar-refractivity contribution in [2.45, 2.75) is 39.5 Å². The first-order valence-electron chi connectivity index (χ1n) is 10.1. The highest BCUT2D eigenvalue weighted by Crippen LogP contribution is 2.48. The minimum atomic E-state index is -0.761. The third-order valence-corrected chi connectivity index (χ3v) is 5.88.